The van der Waals surface area contributed by atoms with Crippen molar-refractivity contribution in [1.29, 1.82) is 0 Å². The van der Waals surface area contributed by atoms with E-state index in [-0.39, 0.29) is 12.5 Å². The lowest BCUT2D eigenvalue weighted by Gasteiger charge is -2.11. The normalized spacial score (nSPS) is 10.7. The predicted octanol–water partition coefficient (Wildman–Crippen LogP) is 3.92. The standard InChI is InChI=1S/C20H20N2O3/c1-4-25-20(24)15-10-5-7-11-16(15)21-19(23)18-13(2)14-9-6-8-12-17(14)22(18)3/h5-12H,4H2,1-3H3,(H,21,23). The molecule has 5 nitrogen and oxygen atoms in total. The summed E-state index contributed by atoms with van der Waals surface area (Å²) in [5.74, 6) is -0.708. The van der Waals surface area contributed by atoms with Crippen molar-refractivity contribution in [2.45, 2.75) is 13.8 Å². The van der Waals surface area contributed by atoms with Gasteiger partial charge in [-0.15, -0.1) is 0 Å². The van der Waals surface area contributed by atoms with E-state index in [1.165, 1.54) is 0 Å². The molecule has 0 aliphatic rings. The molecule has 1 N–H and O–H groups in total. The topological polar surface area (TPSA) is 60.3 Å². The molecule has 3 rings (SSSR count). The van der Waals surface area contributed by atoms with E-state index in [2.05, 4.69) is 5.32 Å². The lowest BCUT2D eigenvalue weighted by Crippen LogP contribution is -2.19. The van der Waals surface area contributed by atoms with Crippen LogP contribution in [0, 0.1) is 6.92 Å². The second-order valence-electron chi connectivity index (χ2n) is 5.77. The number of ether oxygens (including phenoxy) is 1. The molecule has 0 bridgehead atoms. The molecule has 25 heavy (non-hydrogen) atoms. The molecule has 0 saturated heterocycles. The summed E-state index contributed by atoms with van der Waals surface area (Å²) in [5, 5.41) is 3.88. The number of esters is 1. The second-order valence-corrected chi connectivity index (χ2v) is 5.77. The van der Waals surface area contributed by atoms with Crippen molar-refractivity contribution in [3.63, 3.8) is 0 Å². The fraction of sp³-hybridized carbons (Fsp3) is 0.200. The average molecular weight is 336 g/mol. The van der Waals surface area contributed by atoms with E-state index in [0.717, 1.165) is 16.5 Å². The molecule has 0 fully saturated rings. The van der Waals surface area contributed by atoms with E-state index in [1.54, 1.807) is 31.2 Å². The molecule has 0 saturated carbocycles. The number of hydrogen-bond donors (Lipinski definition) is 1. The van der Waals surface area contributed by atoms with Gasteiger partial charge in [0.25, 0.3) is 5.91 Å². The van der Waals surface area contributed by atoms with Crippen molar-refractivity contribution in [3.8, 4) is 0 Å². The van der Waals surface area contributed by atoms with Crippen molar-refractivity contribution in [3.05, 3.63) is 65.4 Å². The first kappa shape index (κ1) is 16.8. The van der Waals surface area contributed by atoms with Crippen molar-refractivity contribution < 1.29 is 14.3 Å². The molecule has 128 valence electrons. The Morgan fingerprint density at radius 2 is 1.76 bits per heavy atom. The number of aryl methyl sites for hydroxylation is 2. The lowest BCUT2D eigenvalue weighted by molar-refractivity contribution is 0.0527. The number of nitrogens with zero attached hydrogens (tertiary/aromatic N) is 1. The highest BCUT2D eigenvalue weighted by Crippen LogP contribution is 2.26. The molecular formula is C20H20N2O3. The van der Waals surface area contributed by atoms with Gasteiger partial charge in [-0.1, -0.05) is 30.3 Å². The molecule has 1 amide bonds. The number of amides is 1. The average Bonchev–Trinajstić information content (AvgIpc) is 2.87. The summed E-state index contributed by atoms with van der Waals surface area (Å²) in [6, 6.07) is 14.7. The van der Waals surface area contributed by atoms with E-state index in [4.69, 9.17) is 4.74 Å². The predicted molar refractivity (Wildman–Crippen MR) is 98.0 cm³/mol. The summed E-state index contributed by atoms with van der Waals surface area (Å²) in [5.41, 5.74) is 3.25. The molecule has 2 aromatic carbocycles. The third-order valence-electron chi connectivity index (χ3n) is 4.25. The number of carbonyl (C=O) groups excluding carboxylic acids is 2. The number of fused-ring (bicyclic) bond motifs is 1. The maximum atomic E-state index is 12.9. The van der Waals surface area contributed by atoms with Gasteiger partial charge in [-0.05, 0) is 37.6 Å². The minimum Gasteiger partial charge on any atom is -0.462 e. The summed E-state index contributed by atoms with van der Waals surface area (Å²) in [7, 11) is 1.86. The highest BCUT2D eigenvalue weighted by atomic mass is 16.5. The Morgan fingerprint density at radius 3 is 2.48 bits per heavy atom. The number of benzene rings is 2. The van der Waals surface area contributed by atoms with E-state index >= 15 is 0 Å². The Kier molecular flexibility index (Phi) is 4.57. The minimum atomic E-state index is -0.452. The van der Waals surface area contributed by atoms with Crippen molar-refractivity contribution in [2.75, 3.05) is 11.9 Å². The van der Waals surface area contributed by atoms with Crippen LogP contribution in [-0.2, 0) is 11.8 Å². The minimum absolute atomic E-state index is 0.257. The van der Waals surface area contributed by atoms with Gasteiger partial charge in [-0.25, -0.2) is 4.79 Å². The molecular weight excluding hydrogens is 316 g/mol. The molecule has 0 aliphatic carbocycles. The zero-order valence-corrected chi connectivity index (χ0v) is 14.5. The summed E-state index contributed by atoms with van der Waals surface area (Å²) >= 11 is 0. The van der Waals surface area contributed by atoms with Gasteiger partial charge in [0.2, 0.25) is 0 Å². The number of carbonyl (C=O) groups is 2. The summed E-state index contributed by atoms with van der Waals surface area (Å²) in [6.07, 6.45) is 0. The van der Waals surface area contributed by atoms with Gasteiger partial charge < -0.3 is 14.6 Å². The summed E-state index contributed by atoms with van der Waals surface area (Å²) in [6.45, 7) is 3.95. The zero-order chi connectivity index (χ0) is 18.0. The molecule has 0 atom stereocenters. The third kappa shape index (κ3) is 3.01. The van der Waals surface area contributed by atoms with Crippen LogP contribution in [0.3, 0.4) is 0 Å². The number of para-hydroxylation sites is 2. The fourth-order valence-electron chi connectivity index (χ4n) is 3.07. The molecule has 0 spiro atoms. The van der Waals surface area contributed by atoms with Crippen LogP contribution in [0.15, 0.2) is 48.5 Å². The first-order valence-electron chi connectivity index (χ1n) is 8.16. The number of rotatable bonds is 4. The van der Waals surface area contributed by atoms with Crippen LogP contribution in [0.4, 0.5) is 5.69 Å². The van der Waals surface area contributed by atoms with Crippen LogP contribution in [0.5, 0.6) is 0 Å². The maximum absolute atomic E-state index is 12.9. The molecule has 0 unspecified atom stereocenters. The Balaban J connectivity index is 1.98. The van der Waals surface area contributed by atoms with Crippen molar-refractivity contribution in [1.82, 2.24) is 4.57 Å². The van der Waals surface area contributed by atoms with E-state index < -0.39 is 5.97 Å². The van der Waals surface area contributed by atoms with E-state index in [0.29, 0.717) is 16.9 Å². The summed E-state index contributed by atoms with van der Waals surface area (Å²) in [4.78, 5) is 25.0. The number of nitrogens with one attached hydrogen (secondary N) is 1. The maximum Gasteiger partial charge on any atom is 0.340 e. The number of anilines is 1. The van der Waals surface area contributed by atoms with E-state index in [9.17, 15) is 9.59 Å². The molecule has 0 aliphatic heterocycles. The summed E-state index contributed by atoms with van der Waals surface area (Å²) < 4.78 is 6.92. The number of aromatic nitrogens is 1. The van der Waals surface area contributed by atoms with Crippen LogP contribution >= 0.6 is 0 Å². The first-order valence-corrected chi connectivity index (χ1v) is 8.16. The Hall–Kier alpha value is -3.08. The molecule has 1 aromatic heterocycles. The largest absolute Gasteiger partial charge is 0.462 e. The Labute approximate surface area is 146 Å². The monoisotopic (exact) mass is 336 g/mol. The van der Waals surface area contributed by atoms with Crippen LogP contribution in [0.25, 0.3) is 10.9 Å². The third-order valence-corrected chi connectivity index (χ3v) is 4.25. The highest BCUT2D eigenvalue weighted by Gasteiger charge is 2.20. The van der Waals surface area contributed by atoms with Crippen LogP contribution < -0.4 is 5.32 Å². The van der Waals surface area contributed by atoms with Gasteiger partial charge >= 0.3 is 5.97 Å². The van der Waals surface area contributed by atoms with Crippen LogP contribution in [-0.4, -0.2) is 23.1 Å². The molecule has 5 heteroatoms. The van der Waals surface area contributed by atoms with Gasteiger partial charge in [-0.2, -0.15) is 0 Å². The van der Waals surface area contributed by atoms with Crippen LogP contribution in [0.1, 0.15) is 33.3 Å². The molecule has 1 heterocycles. The van der Waals surface area contributed by atoms with E-state index in [1.807, 2.05) is 42.8 Å². The SMILES string of the molecule is CCOC(=O)c1ccccc1NC(=O)c1c(C)c2ccccc2n1C. The van der Waals surface area contributed by atoms with Crippen molar-refractivity contribution in [2.24, 2.45) is 7.05 Å². The smallest absolute Gasteiger partial charge is 0.340 e. The molecule has 3 aromatic rings. The Morgan fingerprint density at radius 1 is 1.08 bits per heavy atom. The Bertz CT molecular complexity index is 918. The van der Waals surface area contributed by atoms with Crippen molar-refractivity contribution >= 4 is 28.5 Å². The van der Waals surface area contributed by atoms with Gasteiger partial charge in [0.15, 0.2) is 0 Å². The van der Waals surface area contributed by atoms with Gasteiger partial charge in [0, 0.05) is 18.0 Å². The lowest BCUT2D eigenvalue weighted by atomic mass is 10.1. The quantitative estimate of drug-likeness (QED) is 0.735. The van der Waals surface area contributed by atoms with Gasteiger partial charge in [0.05, 0.1) is 17.9 Å². The highest BCUT2D eigenvalue weighted by molar-refractivity contribution is 6.10. The van der Waals surface area contributed by atoms with Crippen LogP contribution in [0.2, 0.25) is 0 Å². The fourth-order valence-corrected chi connectivity index (χ4v) is 3.07. The molecule has 0 radical (unpaired) electrons. The first-order chi connectivity index (χ1) is 12.0. The second kappa shape index (κ2) is 6.81. The van der Waals surface area contributed by atoms with Gasteiger partial charge in [-0.3, -0.25) is 4.79 Å². The number of hydrogen-bond acceptors (Lipinski definition) is 3. The van der Waals surface area contributed by atoms with Gasteiger partial charge in [0.1, 0.15) is 5.69 Å². The zero-order valence-electron chi connectivity index (χ0n) is 14.5.